The van der Waals surface area contributed by atoms with Crippen molar-refractivity contribution in [1.29, 1.82) is 0 Å². The average molecular weight is 623 g/mol. The topological polar surface area (TPSA) is 115 Å². The molecule has 0 fully saturated rings. The molecule has 68 valence electrons. The van der Waals surface area contributed by atoms with E-state index in [0.29, 0.717) is 0 Å². The Morgan fingerprint density at radius 1 is 0.846 bits per heavy atom. The van der Waals surface area contributed by atoms with E-state index in [1.54, 1.807) is 0 Å². The number of hydrogen-bond donors (Lipinski definition) is 4. The molecule has 0 aliphatic rings. The molecule has 13 heteroatoms. The van der Waals surface area contributed by atoms with E-state index in [4.69, 9.17) is 28.1 Å². The van der Waals surface area contributed by atoms with Gasteiger partial charge in [0.15, 0.2) is 0 Å². The molecule has 6 nitrogen and oxygen atoms in total. The van der Waals surface area contributed by atoms with Crippen LogP contribution in [0.15, 0.2) is 0 Å². The van der Waals surface area contributed by atoms with Crippen LogP contribution in [0.1, 0.15) is 8.56 Å². The molecule has 0 aromatic heterocycles. The molecule has 0 saturated heterocycles. The first kappa shape index (κ1) is 43.6. The Hall–Kier alpha value is 3.88. The second kappa shape index (κ2) is 36.0. The van der Waals surface area contributed by atoms with Gasteiger partial charge in [-0.05, 0) is 0 Å². The Morgan fingerprint density at radius 3 is 0.846 bits per heavy atom. The molecule has 0 unspecified atom stereocenters. The van der Waals surface area contributed by atoms with Crippen molar-refractivity contribution in [2.24, 2.45) is 0 Å². The number of hydrogen-bond acceptors (Lipinski definition) is 2. The van der Waals surface area contributed by atoms with Crippen LogP contribution in [0.2, 0.25) is 0 Å². The minimum Gasteiger partial charge on any atom is 0 e. The third-order valence-corrected chi connectivity index (χ3v) is 0. The van der Waals surface area contributed by atoms with Crippen LogP contribution in [0.25, 0.3) is 0 Å². The van der Waals surface area contributed by atoms with Crippen LogP contribution in [0, 0.1) is 0 Å². The zero-order valence-corrected chi connectivity index (χ0v) is 24.9. The van der Waals surface area contributed by atoms with E-state index in [1.165, 1.54) is 0 Å². The second-order valence-electron chi connectivity index (χ2n) is 0.565. The van der Waals surface area contributed by atoms with Gasteiger partial charge in [-0.2, -0.15) is 0 Å². The third-order valence-electron chi connectivity index (χ3n) is 0. The van der Waals surface area contributed by atoms with Crippen LogP contribution < -0.4 is 0 Å². The maximum Gasteiger partial charge on any atom is 0 e. The van der Waals surface area contributed by atoms with E-state index in [2.05, 4.69) is 0 Å². The van der Waals surface area contributed by atoms with Gasteiger partial charge >= 0.3 is 141 Å². The molecule has 0 aliphatic carbocycles. The van der Waals surface area contributed by atoms with Crippen LogP contribution in [-0.2, 0) is 28.4 Å². The van der Waals surface area contributed by atoms with Crippen molar-refractivity contribution in [2.75, 3.05) is 0 Å². The van der Waals surface area contributed by atoms with Gasteiger partial charge < -0.3 is 27.7 Å². The van der Waals surface area contributed by atoms with Gasteiger partial charge in [0.1, 0.15) is 0 Å². The minimum atomic E-state index is -3.13. The van der Waals surface area contributed by atoms with Gasteiger partial charge in [0, 0.05) is 19.5 Å². The van der Waals surface area contributed by atoms with Gasteiger partial charge in [0.25, 0.3) is 0 Å². The Balaban J connectivity index is -0.00000000218. The Labute approximate surface area is 193 Å². The molecule has 0 heterocycles. The molecule has 0 aromatic carbocycles. The molecule has 0 spiro atoms. The quantitative estimate of drug-likeness (QED) is 0.202. The SMILES string of the molecule is O=[Si](O)O.O=[Si](O)O.[Ba+2].[H-].[H-].[H-].[H-].[H-].[H-].[Mg+2].[Mg+2].[PbH2].[Zn]. The predicted octanol–water partition coefficient (Wildman–Crippen LogP) is -4.61. The van der Waals surface area contributed by atoms with Crippen LogP contribution in [-0.4, -0.2) is 160 Å². The summed E-state index contributed by atoms with van der Waals surface area (Å²) >= 11 is 0. The van der Waals surface area contributed by atoms with Crippen LogP contribution in [0.5, 0.6) is 0 Å². The molecule has 0 saturated carbocycles. The van der Waals surface area contributed by atoms with Crippen LogP contribution in [0.3, 0.4) is 0 Å². The van der Waals surface area contributed by atoms with Gasteiger partial charge in [-0.1, -0.05) is 0 Å². The van der Waals surface area contributed by atoms with Gasteiger partial charge in [-0.15, -0.1) is 0 Å². The molecule has 0 aromatic rings. The van der Waals surface area contributed by atoms with Gasteiger partial charge in [-0.25, -0.2) is 0 Å². The first-order valence-corrected chi connectivity index (χ1v) is 3.91. The molecule has 0 amide bonds. The summed E-state index contributed by atoms with van der Waals surface area (Å²) in [6, 6.07) is 0. The van der Waals surface area contributed by atoms with E-state index in [1.807, 2.05) is 0 Å². The Kier molecular flexibility index (Phi) is 121. The first-order valence-electron chi connectivity index (χ1n) is 1.30. The van der Waals surface area contributed by atoms with E-state index in [-0.39, 0.29) is 150 Å². The Bertz CT molecular complexity index is 104. The molecule has 0 aliphatic heterocycles. The van der Waals surface area contributed by atoms with E-state index in [9.17, 15) is 0 Å². The average Bonchev–Trinajstić information content (AvgIpc) is 1.25. The summed E-state index contributed by atoms with van der Waals surface area (Å²) in [4.78, 5) is 28.6. The van der Waals surface area contributed by atoms with Gasteiger partial charge in [-0.3, -0.25) is 8.92 Å². The molecule has 0 atom stereocenters. The zero-order chi connectivity index (χ0) is 7.15. The molecular formula is H12BaMg2O6PbSi2Zn. The van der Waals surface area contributed by atoms with Crippen molar-refractivity contribution in [2.45, 2.75) is 0 Å². The van der Waals surface area contributed by atoms with Crippen molar-refractivity contribution in [3.63, 3.8) is 0 Å². The van der Waals surface area contributed by atoms with Crippen molar-refractivity contribution in [3.05, 3.63) is 0 Å². The van der Waals surface area contributed by atoms with E-state index >= 15 is 0 Å². The molecule has 0 bridgehead atoms. The van der Waals surface area contributed by atoms with E-state index < -0.39 is 18.3 Å². The maximum atomic E-state index is 8.74. The van der Waals surface area contributed by atoms with E-state index in [0.717, 1.165) is 0 Å². The molecule has 0 rings (SSSR count). The van der Waals surface area contributed by atoms with Gasteiger partial charge in [0.2, 0.25) is 0 Å². The summed E-state index contributed by atoms with van der Waals surface area (Å²) in [5, 5.41) is 0. The van der Waals surface area contributed by atoms with Crippen molar-refractivity contribution in [1.82, 2.24) is 0 Å². The fourth-order valence-electron chi connectivity index (χ4n) is 0. The standard InChI is InChI=1S/Ba.2Mg.2H2O3Si.Pb.Zn.8H/c;;;2*1-4(2)3;;;;;;;;;;/h;;;2*1-2H;;;;;;;;;;/q3*+2;;;;;;;6*-1. The van der Waals surface area contributed by atoms with Crippen molar-refractivity contribution < 1.29 is 56.1 Å². The number of rotatable bonds is 0. The first-order chi connectivity index (χ1) is 3.46. The largest absolute Gasteiger partial charge is 0 e. The summed E-state index contributed by atoms with van der Waals surface area (Å²) in [5.41, 5.74) is 0. The van der Waals surface area contributed by atoms with Crippen LogP contribution in [0.4, 0.5) is 0 Å². The molecule has 13 heavy (non-hydrogen) atoms. The fourth-order valence-corrected chi connectivity index (χ4v) is 0. The normalized spacial score (nSPS) is 3.69. The van der Waals surface area contributed by atoms with Gasteiger partial charge in [0.05, 0.1) is 0 Å². The summed E-state index contributed by atoms with van der Waals surface area (Å²) in [5.74, 6) is 0. The molecular weight excluding hydrogens is 611 g/mol. The Morgan fingerprint density at radius 2 is 0.846 bits per heavy atom. The monoisotopic (exact) mass is 622 g/mol. The molecule has 2 radical (unpaired) electrons. The fraction of sp³-hybridized carbons (Fsp3) is 0. The summed E-state index contributed by atoms with van der Waals surface area (Å²) in [6.07, 6.45) is 0. The second-order valence-corrected chi connectivity index (χ2v) is 1.70. The predicted molar refractivity (Wildman–Crippen MR) is 54.2 cm³/mol. The van der Waals surface area contributed by atoms with Crippen molar-refractivity contribution >= 4 is 141 Å². The maximum absolute atomic E-state index is 8.74. The summed E-state index contributed by atoms with van der Waals surface area (Å²) < 4.78 is 17.5. The van der Waals surface area contributed by atoms with Crippen LogP contribution >= 0.6 is 0 Å². The smallest absolute Gasteiger partial charge is 0 e. The minimum absolute atomic E-state index is 0. The third kappa shape index (κ3) is 203. The van der Waals surface area contributed by atoms with Crippen molar-refractivity contribution in [3.8, 4) is 0 Å². The molecule has 4 N–H and O–H groups in total. The summed E-state index contributed by atoms with van der Waals surface area (Å²) in [6.45, 7) is 0. The summed E-state index contributed by atoms with van der Waals surface area (Å²) in [7, 11) is -6.26. The zero-order valence-electron chi connectivity index (χ0n) is 13.1.